The molecule has 116 valence electrons. The van der Waals surface area contributed by atoms with Gasteiger partial charge in [0, 0.05) is 18.8 Å². The Morgan fingerprint density at radius 3 is 2.64 bits per heavy atom. The molecule has 1 aromatic heterocycles. The number of aromatic nitrogens is 1. The van der Waals surface area contributed by atoms with Gasteiger partial charge in [-0.15, -0.1) is 0 Å². The highest BCUT2D eigenvalue weighted by Crippen LogP contribution is 2.21. The van der Waals surface area contributed by atoms with Crippen LogP contribution in [0.4, 0.5) is 11.5 Å². The molecule has 0 unspecified atom stereocenters. The number of nitrogens with one attached hydrogen (secondary N) is 1. The van der Waals surface area contributed by atoms with Crippen LogP contribution >= 0.6 is 0 Å². The Kier molecular flexibility index (Phi) is 4.68. The van der Waals surface area contributed by atoms with Crippen LogP contribution in [0.1, 0.15) is 11.1 Å². The fourth-order valence-corrected chi connectivity index (χ4v) is 2.57. The Morgan fingerprint density at radius 2 is 1.95 bits per heavy atom. The first-order valence-corrected chi connectivity index (χ1v) is 7.98. The van der Waals surface area contributed by atoms with E-state index in [-0.39, 0.29) is 23.8 Å². The summed E-state index contributed by atoms with van der Waals surface area (Å²) in [6.07, 6.45) is 1.45. The second-order valence-corrected chi connectivity index (χ2v) is 6.22. The Balaban J connectivity index is 2.12. The summed E-state index contributed by atoms with van der Waals surface area (Å²) >= 11 is 0. The molecular weight excluding hydrogens is 308 g/mol. The van der Waals surface area contributed by atoms with Crippen molar-refractivity contribution in [3.63, 3.8) is 0 Å². The molecule has 2 aromatic rings. The molecule has 0 aliphatic carbocycles. The lowest BCUT2D eigenvalue weighted by atomic mass is 10.1. The van der Waals surface area contributed by atoms with Crippen LogP contribution in [0.2, 0.25) is 0 Å². The highest BCUT2D eigenvalue weighted by Gasteiger charge is 2.13. The molecule has 22 heavy (non-hydrogen) atoms. The minimum absolute atomic E-state index is 0.122. The second kappa shape index (κ2) is 6.50. The third-order valence-electron chi connectivity index (χ3n) is 2.80. The van der Waals surface area contributed by atoms with E-state index in [4.69, 9.17) is 5.14 Å². The highest BCUT2D eigenvalue weighted by atomic mass is 32.2. The van der Waals surface area contributed by atoms with E-state index in [1.807, 2.05) is 0 Å². The van der Waals surface area contributed by atoms with Gasteiger partial charge in [-0.25, -0.2) is 18.5 Å². The lowest BCUT2D eigenvalue weighted by molar-refractivity contribution is -0.384. The molecule has 9 heteroatoms. The second-order valence-electron chi connectivity index (χ2n) is 4.61. The zero-order valence-electron chi connectivity index (χ0n) is 11.5. The van der Waals surface area contributed by atoms with E-state index in [0.29, 0.717) is 5.56 Å². The fourth-order valence-electron chi connectivity index (χ4n) is 1.93. The van der Waals surface area contributed by atoms with Crippen LogP contribution in [-0.2, 0) is 22.3 Å². The number of benzene rings is 1. The van der Waals surface area contributed by atoms with Crippen LogP contribution in [-0.4, -0.2) is 18.3 Å². The number of nitrogens with zero attached hydrogens (tertiary/aromatic N) is 2. The molecule has 0 bridgehead atoms. The minimum atomic E-state index is -3.60. The molecule has 0 radical (unpaired) electrons. The van der Waals surface area contributed by atoms with Gasteiger partial charge >= 0.3 is 5.69 Å². The van der Waals surface area contributed by atoms with Gasteiger partial charge in [-0.2, -0.15) is 0 Å². The van der Waals surface area contributed by atoms with Crippen molar-refractivity contribution in [2.24, 2.45) is 5.14 Å². The molecule has 3 N–H and O–H groups in total. The average molecular weight is 322 g/mol. The van der Waals surface area contributed by atoms with Crippen molar-refractivity contribution < 1.29 is 13.3 Å². The smallest absolute Gasteiger partial charge is 0.311 e. The van der Waals surface area contributed by atoms with E-state index in [0.717, 1.165) is 5.56 Å². The predicted molar refractivity (Wildman–Crippen MR) is 81.5 cm³/mol. The van der Waals surface area contributed by atoms with Gasteiger partial charge < -0.3 is 5.32 Å². The number of hydrogen-bond donors (Lipinski definition) is 2. The maximum absolute atomic E-state index is 11.1. The predicted octanol–water partition coefficient (Wildman–Crippen LogP) is 1.39. The lowest BCUT2D eigenvalue weighted by Crippen LogP contribution is -2.14. The van der Waals surface area contributed by atoms with Gasteiger partial charge in [-0.3, -0.25) is 10.1 Å². The number of anilines is 1. The van der Waals surface area contributed by atoms with E-state index in [2.05, 4.69) is 10.3 Å². The number of rotatable bonds is 6. The molecule has 0 atom stereocenters. The average Bonchev–Trinajstić information content (AvgIpc) is 2.44. The van der Waals surface area contributed by atoms with Gasteiger partial charge in [0.2, 0.25) is 15.8 Å². The zero-order valence-corrected chi connectivity index (χ0v) is 12.3. The number of nitrogens with two attached hydrogens (primary N) is 1. The number of primary sulfonamides is 1. The largest absolute Gasteiger partial charge is 0.360 e. The van der Waals surface area contributed by atoms with E-state index in [1.54, 1.807) is 24.3 Å². The normalized spacial score (nSPS) is 11.1. The van der Waals surface area contributed by atoms with Crippen LogP contribution < -0.4 is 10.5 Å². The van der Waals surface area contributed by atoms with E-state index in [1.165, 1.54) is 18.3 Å². The summed E-state index contributed by atoms with van der Waals surface area (Å²) in [6, 6.07) is 9.63. The third-order valence-corrected chi connectivity index (χ3v) is 3.54. The monoisotopic (exact) mass is 322 g/mol. The number of pyridine rings is 1. The van der Waals surface area contributed by atoms with E-state index in [9.17, 15) is 18.5 Å². The molecule has 0 aliphatic rings. The summed E-state index contributed by atoms with van der Waals surface area (Å²) in [5, 5.41) is 18.8. The van der Waals surface area contributed by atoms with Crippen LogP contribution in [0.5, 0.6) is 0 Å². The number of hydrogen-bond acceptors (Lipinski definition) is 6. The van der Waals surface area contributed by atoms with Crippen molar-refractivity contribution in [1.82, 2.24) is 4.98 Å². The van der Waals surface area contributed by atoms with Crippen molar-refractivity contribution >= 4 is 21.5 Å². The summed E-state index contributed by atoms with van der Waals surface area (Å²) < 4.78 is 22.2. The summed E-state index contributed by atoms with van der Waals surface area (Å²) in [7, 11) is -3.60. The first-order valence-electron chi connectivity index (χ1n) is 6.27. The standard InChI is InChI=1S/C13H14N4O4S/c14-22(20,21)9-11-4-1-3-10(7-11)8-16-13-12(17(18)19)5-2-6-15-13/h1-7H,8-9H2,(H,15,16)(H2,14,20,21). The molecule has 1 aromatic carbocycles. The molecule has 0 fully saturated rings. The molecule has 0 spiro atoms. The molecule has 0 aliphatic heterocycles. The first kappa shape index (κ1) is 15.9. The summed E-state index contributed by atoms with van der Waals surface area (Å²) in [4.78, 5) is 14.3. The van der Waals surface area contributed by atoms with Crippen LogP contribution in [0, 0.1) is 10.1 Å². The van der Waals surface area contributed by atoms with Crippen LogP contribution in [0.15, 0.2) is 42.6 Å². The van der Waals surface area contributed by atoms with Crippen LogP contribution in [0.3, 0.4) is 0 Å². The highest BCUT2D eigenvalue weighted by molar-refractivity contribution is 7.88. The van der Waals surface area contributed by atoms with Crippen molar-refractivity contribution in [2.75, 3.05) is 5.32 Å². The number of sulfonamides is 1. The van der Waals surface area contributed by atoms with Gasteiger partial charge in [0.1, 0.15) is 0 Å². The maximum atomic E-state index is 11.1. The Morgan fingerprint density at radius 1 is 1.23 bits per heavy atom. The summed E-state index contributed by atoms with van der Waals surface area (Å²) in [6.45, 7) is 0.274. The SMILES string of the molecule is NS(=O)(=O)Cc1cccc(CNc2ncccc2[N+](=O)[O-])c1. The molecule has 8 nitrogen and oxygen atoms in total. The maximum Gasteiger partial charge on any atom is 0.311 e. The van der Waals surface area contributed by atoms with E-state index < -0.39 is 14.9 Å². The molecule has 0 saturated carbocycles. The van der Waals surface area contributed by atoms with Crippen molar-refractivity contribution in [2.45, 2.75) is 12.3 Å². The van der Waals surface area contributed by atoms with Crippen LogP contribution in [0.25, 0.3) is 0 Å². The summed E-state index contributed by atoms with van der Waals surface area (Å²) in [5.41, 5.74) is 1.20. The van der Waals surface area contributed by atoms with Gasteiger partial charge in [0.25, 0.3) is 0 Å². The fraction of sp³-hybridized carbons (Fsp3) is 0.154. The first-order chi connectivity index (χ1) is 10.3. The van der Waals surface area contributed by atoms with Gasteiger partial charge in [-0.05, 0) is 17.2 Å². The molecule has 1 heterocycles. The summed E-state index contributed by atoms with van der Waals surface area (Å²) in [5.74, 6) is -0.103. The van der Waals surface area contributed by atoms with Crippen molar-refractivity contribution in [3.05, 3.63) is 63.8 Å². The number of nitro groups is 1. The molecule has 0 saturated heterocycles. The molecular formula is C13H14N4O4S. The van der Waals surface area contributed by atoms with Crippen molar-refractivity contribution in [3.8, 4) is 0 Å². The Bertz CT molecular complexity index is 792. The van der Waals surface area contributed by atoms with Gasteiger partial charge in [0.05, 0.1) is 10.7 Å². The molecule has 0 amide bonds. The van der Waals surface area contributed by atoms with Gasteiger partial charge in [-0.1, -0.05) is 24.3 Å². The zero-order chi connectivity index (χ0) is 16.2. The third kappa shape index (κ3) is 4.50. The quantitative estimate of drug-likeness (QED) is 0.611. The van der Waals surface area contributed by atoms with Crippen molar-refractivity contribution in [1.29, 1.82) is 0 Å². The van der Waals surface area contributed by atoms with Gasteiger partial charge in [0.15, 0.2) is 0 Å². The Labute approximate surface area is 127 Å². The molecule has 2 rings (SSSR count). The van der Waals surface area contributed by atoms with E-state index >= 15 is 0 Å². The lowest BCUT2D eigenvalue weighted by Gasteiger charge is -2.07. The topological polar surface area (TPSA) is 128 Å². The Hall–Kier alpha value is -2.52. The minimum Gasteiger partial charge on any atom is -0.360 e.